The topological polar surface area (TPSA) is 72.2 Å². The smallest absolute Gasteiger partial charge is 0.232 e. The molecule has 2 rings (SSSR count). The van der Waals surface area contributed by atoms with Gasteiger partial charge in [-0.2, -0.15) is 0 Å². The summed E-state index contributed by atoms with van der Waals surface area (Å²) in [5, 5.41) is 0. The molecule has 1 saturated carbocycles. The number of rotatable bonds is 6. The quantitative estimate of drug-likeness (QED) is 0.847. The molecule has 0 aromatic heterocycles. The Morgan fingerprint density at radius 3 is 2.35 bits per heavy atom. The van der Waals surface area contributed by atoms with E-state index in [2.05, 4.69) is 4.72 Å². The van der Waals surface area contributed by atoms with Crippen LogP contribution in [0.15, 0.2) is 24.3 Å². The number of nitrogens with one attached hydrogen (secondary N) is 1. The van der Waals surface area contributed by atoms with Crippen LogP contribution in [0.4, 0.5) is 5.69 Å². The van der Waals surface area contributed by atoms with E-state index in [1.807, 2.05) is 24.3 Å². The van der Waals surface area contributed by atoms with Gasteiger partial charge in [-0.1, -0.05) is 31.4 Å². The molecule has 1 fully saturated rings. The maximum absolute atomic E-state index is 12.1. The largest absolute Gasteiger partial charge is 0.330 e. The Kier molecular flexibility index (Phi) is 5.43. The second-order valence-corrected chi connectivity index (χ2v) is 7.39. The fraction of sp³-hybridized carbons (Fsp3) is 0.600. The molecule has 0 atom stereocenters. The number of benzene rings is 1. The molecule has 20 heavy (non-hydrogen) atoms. The Bertz CT molecular complexity index is 505. The van der Waals surface area contributed by atoms with Crippen molar-refractivity contribution in [3.8, 4) is 0 Å². The second-order valence-electron chi connectivity index (χ2n) is 5.62. The van der Waals surface area contributed by atoms with Crippen LogP contribution in [0.1, 0.15) is 37.7 Å². The Morgan fingerprint density at radius 2 is 1.75 bits per heavy atom. The van der Waals surface area contributed by atoms with Crippen LogP contribution in [0.3, 0.4) is 0 Å². The van der Waals surface area contributed by atoms with Gasteiger partial charge in [0.05, 0.1) is 5.75 Å². The lowest BCUT2D eigenvalue weighted by atomic mass is 9.91. The Balaban J connectivity index is 1.93. The lowest BCUT2D eigenvalue weighted by Gasteiger charge is -2.21. The zero-order valence-electron chi connectivity index (χ0n) is 11.8. The Labute approximate surface area is 121 Å². The summed E-state index contributed by atoms with van der Waals surface area (Å²) in [6.07, 6.45) is 6.45. The fourth-order valence-electron chi connectivity index (χ4n) is 2.79. The molecule has 1 aliphatic rings. The highest BCUT2D eigenvalue weighted by Gasteiger charge is 2.21. The van der Waals surface area contributed by atoms with Gasteiger partial charge >= 0.3 is 0 Å². The zero-order chi connectivity index (χ0) is 14.4. The van der Waals surface area contributed by atoms with Gasteiger partial charge < -0.3 is 5.73 Å². The normalized spacial score (nSPS) is 17.1. The first-order valence-electron chi connectivity index (χ1n) is 7.38. The van der Waals surface area contributed by atoms with Gasteiger partial charge in [-0.25, -0.2) is 8.42 Å². The average molecular weight is 296 g/mol. The van der Waals surface area contributed by atoms with E-state index in [9.17, 15) is 8.42 Å². The molecule has 0 saturated heterocycles. The summed E-state index contributed by atoms with van der Waals surface area (Å²) in [7, 11) is -3.23. The third-order valence-corrected chi connectivity index (χ3v) is 5.30. The highest BCUT2D eigenvalue weighted by atomic mass is 32.2. The van der Waals surface area contributed by atoms with Gasteiger partial charge in [-0.3, -0.25) is 4.72 Å². The van der Waals surface area contributed by atoms with E-state index in [-0.39, 0.29) is 5.75 Å². The van der Waals surface area contributed by atoms with Gasteiger partial charge in [-0.05, 0) is 49.4 Å². The lowest BCUT2D eigenvalue weighted by Crippen LogP contribution is -2.24. The van der Waals surface area contributed by atoms with Gasteiger partial charge in [0.25, 0.3) is 0 Å². The summed E-state index contributed by atoms with van der Waals surface area (Å²) in [6.45, 7) is 0.604. The van der Waals surface area contributed by atoms with Crippen molar-refractivity contribution in [3.05, 3.63) is 29.8 Å². The highest BCUT2D eigenvalue weighted by Crippen LogP contribution is 2.25. The molecule has 1 aromatic rings. The van der Waals surface area contributed by atoms with Crippen LogP contribution in [0, 0.1) is 5.92 Å². The van der Waals surface area contributed by atoms with E-state index >= 15 is 0 Å². The molecular weight excluding hydrogens is 272 g/mol. The molecule has 1 aromatic carbocycles. The number of hydrogen-bond donors (Lipinski definition) is 2. The zero-order valence-corrected chi connectivity index (χ0v) is 12.7. The molecule has 0 heterocycles. The molecule has 3 N–H and O–H groups in total. The van der Waals surface area contributed by atoms with Gasteiger partial charge in [0, 0.05) is 5.69 Å². The Morgan fingerprint density at radius 1 is 1.10 bits per heavy atom. The third kappa shape index (κ3) is 4.80. The lowest BCUT2D eigenvalue weighted by molar-refractivity contribution is 0.385. The molecule has 112 valence electrons. The number of sulfonamides is 1. The molecule has 0 bridgehead atoms. The summed E-state index contributed by atoms with van der Waals surface area (Å²) in [5.41, 5.74) is 7.26. The van der Waals surface area contributed by atoms with Crippen molar-refractivity contribution in [2.75, 3.05) is 17.0 Å². The van der Waals surface area contributed by atoms with E-state index in [4.69, 9.17) is 5.73 Å². The number of nitrogens with two attached hydrogens (primary N) is 1. The van der Waals surface area contributed by atoms with Crippen LogP contribution in [0.25, 0.3) is 0 Å². The van der Waals surface area contributed by atoms with Gasteiger partial charge in [0.15, 0.2) is 0 Å². The predicted molar refractivity (Wildman–Crippen MR) is 83.2 cm³/mol. The molecular formula is C15H24N2O2S. The van der Waals surface area contributed by atoms with Crippen molar-refractivity contribution in [2.45, 2.75) is 38.5 Å². The van der Waals surface area contributed by atoms with Crippen LogP contribution < -0.4 is 10.5 Å². The number of anilines is 1. The van der Waals surface area contributed by atoms with E-state index in [0.717, 1.165) is 37.7 Å². The van der Waals surface area contributed by atoms with Crippen LogP contribution in [0.5, 0.6) is 0 Å². The molecule has 4 nitrogen and oxygen atoms in total. The van der Waals surface area contributed by atoms with Gasteiger partial charge in [0.1, 0.15) is 0 Å². The van der Waals surface area contributed by atoms with Crippen molar-refractivity contribution < 1.29 is 8.42 Å². The maximum atomic E-state index is 12.1. The highest BCUT2D eigenvalue weighted by molar-refractivity contribution is 7.92. The first kappa shape index (κ1) is 15.3. The first-order valence-corrected chi connectivity index (χ1v) is 9.04. The summed E-state index contributed by atoms with van der Waals surface area (Å²) in [4.78, 5) is 0. The van der Waals surface area contributed by atoms with E-state index in [1.54, 1.807) is 0 Å². The fourth-order valence-corrected chi connectivity index (χ4v) is 4.32. The van der Waals surface area contributed by atoms with Crippen LogP contribution in [0.2, 0.25) is 0 Å². The van der Waals surface area contributed by atoms with Crippen molar-refractivity contribution in [3.63, 3.8) is 0 Å². The molecule has 0 unspecified atom stereocenters. The second kappa shape index (κ2) is 7.09. The van der Waals surface area contributed by atoms with E-state index < -0.39 is 10.0 Å². The van der Waals surface area contributed by atoms with Crippen molar-refractivity contribution >= 4 is 15.7 Å². The minimum atomic E-state index is -3.23. The summed E-state index contributed by atoms with van der Waals surface area (Å²) < 4.78 is 27.0. The molecule has 1 aliphatic carbocycles. The molecule has 0 radical (unpaired) electrons. The standard InChI is InChI=1S/C15H24N2O2S/c16-11-10-13-6-8-15(9-7-13)17-20(18,19)12-14-4-2-1-3-5-14/h6-9,14,17H,1-5,10-12,16H2. The van der Waals surface area contributed by atoms with Crippen LogP contribution >= 0.6 is 0 Å². The average Bonchev–Trinajstić information content (AvgIpc) is 2.41. The van der Waals surface area contributed by atoms with Crippen molar-refractivity contribution in [1.82, 2.24) is 0 Å². The summed E-state index contributed by atoms with van der Waals surface area (Å²) >= 11 is 0. The minimum absolute atomic E-state index is 0.248. The first-order chi connectivity index (χ1) is 9.59. The van der Waals surface area contributed by atoms with Gasteiger partial charge in [0.2, 0.25) is 10.0 Å². The maximum Gasteiger partial charge on any atom is 0.232 e. The van der Waals surface area contributed by atoms with Crippen LogP contribution in [-0.2, 0) is 16.4 Å². The Hall–Kier alpha value is -1.07. The molecule has 0 spiro atoms. The van der Waals surface area contributed by atoms with Crippen molar-refractivity contribution in [2.24, 2.45) is 11.7 Å². The summed E-state index contributed by atoms with van der Waals surface area (Å²) in [6, 6.07) is 7.46. The molecule has 5 heteroatoms. The molecule has 0 amide bonds. The van der Waals surface area contributed by atoms with E-state index in [1.165, 1.54) is 6.42 Å². The van der Waals surface area contributed by atoms with Crippen LogP contribution in [-0.4, -0.2) is 20.7 Å². The third-order valence-electron chi connectivity index (χ3n) is 3.84. The predicted octanol–water partition coefficient (Wildman–Crippen LogP) is 2.51. The van der Waals surface area contributed by atoms with E-state index in [0.29, 0.717) is 18.2 Å². The minimum Gasteiger partial charge on any atom is -0.330 e. The SMILES string of the molecule is NCCc1ccc(NS(=O)(=O)CC2CCCCC2)cc1. The molecule has 0 aliphatic heterocycles. The van der Waals surface area contributed by atoms with Gasteiger partial charge in [-0.15, -0.1) is 0 Å². The van der Waals surface area contributed by atoms with Crippen molar-refractivity contribution in [1.29, 1.82) is 0 Å². The summed E-state index contributed by atoms with van der Waals surface area (Å²) in [5.74, 6) is 0.565. The number of hydrogen-bond acceptors (Lipinski definition) is 3. The monoisotopic (exact) mass is 296 g/mol.